The first-order valence-corrected chi connectivity index (χ1v) is 6.80. The topological polar surface area (TPSA) is 77.0 Å². The fraction of sp³-hybridized carbons (Fsp3) is 0.118. The van der Waals surface area contributed by atoms with E-state index in [0.29, 0.717) is 22.4 Å². The Morgan fingerprint density at radius 2 is 1.74 bits per heavy atom. The molecule has 0 saturated heterocycles. The number of amides is 1. The Morgan fingerprint density at radius 1 is 1.04 bits per heavy atom. The predicted octanol–water partition coefficient (Wildman–Crippen LogP) is 2.25. The molecule has 6 nitrogen and oxygen atoms in total. The Morgan fingerprint density at radius 3 is 2.39 bits per heavy atom. The third-order valence-electron chi connectivity index (χ3n) is 3.09. The molecule has 0 aliphatic rings. The molecule has 0 saturated carbocycles. The van der Waals surface area contributed by atoms with Crippen molar-refractivity contribution in [3.8, 4) is 5.75 Å². The minimum absolute atomic E-state index is 0.362. The number of esters is 1. The number of benzene rings is 2. The summed E-state index contributed by atoms with van der Waals surface area (Å²) in [6.07, 6.45) is 1.40. The number of carbonyl (C=O) groups excluding carboxylic acids is 2. The van der Waals surface area contributed by atoms with Crippen molar-refractivity contribution in [2.75, 3.05) is 14.2 Å². The molecule has 0 fully saturated rings. The van der Waals surface area contributed by atoms with Gasteiger partial charge in [0.2, 0.25) is 0 Å². The lowest BCUT2D eigenvalue weighted by Gasteiger charge is -2.04. The molecule has 2 aromatic rings. The van der Waals surface area contributed by atoms with E-state index in [1.807, 2.05) is 0 Å². The van der Waals surface area contributed by atoms with E-state index in [-0.39, 0.29) is 5.91 Å². The van der Waals surface area contributed by atoms with Gasteiger partial charge in [-0.25, -0.2) is 10.2 Å². The van der Waals surface area contributed by atoms with E-state index in [4.69, 9.17) is 9.47 Å². The van der Waals surface area contributed by atoms with E-state index in [9.17, 15) is 9.59 Å². The van der Waals surface area contributed by atoms with Gasteiger partial charge in [-0.3, -0.25) is 4.79 Å². The Balaban J connectivity index is 2.06. The molecule has 0 heterocycles. The van der Waals surface area contributed by atoms with Crippen LogP contribution in [-0.2, 0) is 4.74 Å². The average Bonchev–Trinajstić information content (AvgIpc) is 2.61. The maximum absolute atomic E-state index is 12.0. The maximum Gasteiger partial charge on any atom is 0.338 e. The number of hydrogen-bond donors (Lipinski definition) is 1. The van der Waals surface area contributed by atoms with Crippen molar-refractivity contribution >= 4 is 18.1 Å². The molecule has 2 rings (SSSR count). The van der Waals surface area contributed by atoms with Crippen LogP contribution in [0.25, 0.3) is 0 Å². The highest BCUT2D eigenvalue weighted by molar-refractivity contribution is 6.00. The van der Waals surface area contributed by atoms with Crippen molar-refractivity contribution in [3.05, 3.63) is 65.2 Å². The molecule has 23 heavy (non-hydrogen) atoms. The van der Waals surface area contributed by atoms with Crippen LogP contribution in [0.5, 0.6) is 5.75 Å². The van der Waals surface area contributed by atoms with E-state index in [1.54, 1.807) is 55.6 Å². The van der Waals surface area contributed by atoms with Gasteiger partial charge in [0.25, 0.3) is 5.91 Å². The van der Waals surface area contributed by atoms with E-state index in [1.165, 1.54) is 13.3 Å². The molecule has 0 unspecified atom stereocenters. The molecular weight excluding hydrogens is 296 g/mol. The number of hydrogen-bond acceptors (Lipinski definition) is 5. The summed E-state index contributed by atoms with van der Waals surface area (Å²) in [5, 5.41) is 3.87. The predicted molar refractivity (Wildman–Crippen MR) is 85.8 cm³/mol. The third kappa shape index (κ3) is 4.16. The quantitative estimate of drug-likeness (QED) is 0.522. The van der Waals surface area contributed by atoms with Gasteiger partial charge in [-0.15, -0.1) is 0 Å². The molecule has 1 amide bonds. The summed E-state index contributed by atoms with van der Waals surface area (Å²) in [5.74, 6) is -0.162. The van der Waals surface area contributed by atoms with Crippen LogP contribution in [-0.4, -0.2) is 32.3 Å². The molecule has 0 aliphatic heterocycles. The van der Waals surface area contributed by atoms with Crippen molar-refractivity contribution in [3.63, 3.8) is 0 Å². The SMILES string of the molecule is COC(=O)c1ccccc1/C=N\NC(=O)c1ccc(OC)cc1. The van der Waals surface area contributed by atoms with Crippen LogP contribution in [0, 0.1) is 0 Å². The molecular formula is C17H16N2O4. The fourth-order valence-electron chi connectivity index (χ4n) is 1.87. The van der Waals surface area contributed by atoms with Crippen LogP contribution >= 0.6 is 0 Å². The number of nitrogens with zero attached hydrogens (tertiary/aromatic N) is 1. The number of rotatable bonds is 5. The minimum atomic E-state index is -0.464. The first-order valence-electron chi connectivity index (χ1n) is 6.80. The zero-order chi connectivity index (χ0) is 16.7. The summed E-state index contributed by atoms with van der Waals surface area (Å²) in [4.78, 5) is 23.6. The van der Waals surface area contributed by atoms with Gasteiger partial charge < -0.3 is 9.47 Å². The van der Waals surface area contributed by atoms with E-state index < -0.39 is 5.97 Å². The smallest absolute Gasteiger partial charge is 0.338 e. The minimum Gasteiger partial charge on any atom is -0.497 e. The zero-order valence-electron chi connectivity index (χ0n) is 12.8. The summed E-state index contributed by atoms with van der Waals surface area (Å²) in [6, 6.07) is 13.4. The second-order valence-electron chi connectivity index (χ2n) is 4.51. The summed E-state index contributed by atoms with van der Waals surface area (Å²) < 4.78 is 9.72. The van der Waals surface area contributed by atoms with Gasteiger partial charge in [0, 0.05) is 11.1 Å². The normalized spacial score (nSPS) is 10.3. The third-order valence-corrected chi connectivity index (χ3v) is 3.09. The fourth-order valence-corrected chi connectivity index (χ4v) is 1.87. The van der Waals surface area contributed by atoms with Crippen LogP contribution in [0.15, 0.2) is 53.6 Å². The van der Waals surface area contributed by atoms with Crippen LogP contribution in [0.3, 0.4) is 0 Å². The average molecular weight is 312 g/mol. The van der Waals surface area contributed by atoms with E-state index in [2.05, 4.69) is 10.5 Å². The Bertz CT molecular complexity index is 724. The van der Waals surface area contributed by atoms with Gasteiger partial charge in [0.15, 0.2) is 0 Å². The highest BCUT2D eigenvalue weighted by atomic mass is 16.5. The molecule has 0 aromatic heterocycles. The number of nitrogens with one attached hydrogen (secondary N) is 1. The molecule has 0 radical (unpaired) electrons. The maximum atomic E-state index is 12.0. The first kappa shape index (κ1) is 16.2. The number of ether oxygens (including phenoxy) is 2. The number of carbonyl (C=O) groups is 2. The van der Waals surface area contributed by atoms with E-state index >= 15 is 0 Å². The lowest BCUT2D eigenvalue weighted by atomic mass is 10.1. The van der Waals surface area contributed by atoms with Gasteiger partial charge >= 0.3 is 5.97 Å². The van der Waals surface area contributed by atoms with Crippen molar-refractivity contribution in [1.82, 2.24) is 5.43 Å². The highest BCUT2D eigenvalue weighted by Crippen LogP contribution is 2.11. The van der Waals surface area contributed by atoms with Crippen LogP contribution in [0.4, 0.5) is 0 Å². The van der Waals surface area contributed by atoms with Crippen LogP contribution in [0.1, 0.15) is 26.3 Å². The summed E-state index contributed by atoms with van der Waals surface area (Å²) >= 11 is 0. The second-order valence-corrected chi connectivity index (χ2v) is 4.51. The Hall–Kier alpha value is -3.15. The van der Waals surface area contributed by atoms with E-state index in [0.717, 1.165) is 0 Å². The lowest BCUT2D eigenvalue weighted by molar-refractivity contribution is 0.0600. The number of hydrazone groups is 1. The largest absolute Gasteiger partial charge is 0.497 e. The summed E-state index contributed by atoms with van der Waals surface area (Å²) in [7, 11) is 2.86. The summed E-state index contributed by atoms with van der Waals surface area (Å²) in [6.45, 7) is 0. The molecule has 0 spiro atoms. The van der Waals surface area contributed by atoms with Crippen LogP contribution in [0.2, 0.25) is 0 Å². The Kier molecular flexibility index (Phi) is 5.46. The first-order chi connectivity index (χ1) is 11.2. The van der Waals surface area contributed by atoms with Gasteiger partial charge in [-0.1, -0.05) is 18.2 Å². The standard InChI is InChI=1S/C17H16N2O4/c1-22-14-9-7-12(8-10-14)16(20)19-18-11-13-5-3-4-6-15(13)17(21)23-2/h3-11H,1-2H3,(H,19,20)/b18-11-. The molecule has 6 heteroatoms. The van der Waals surface area contributed by atoms with Crippen molar-refractivity contribution in [2.24, 2.45) is 5.10 Å². The molecule has 2 aromatic carbocycles. The van der Waals surface area contributed by atoms with Gasteiger partial charge in [-0.2, -0.15) is 5.10 Å². The number of methoxy groups -OCH3 is 2. The van der Waals surface area contributed by atoms with Gasteiger partial charge in [0.05, 0.1) is 26.0 Å². The monoisotopic (exact) mass is 312 g/mol. The van der Waals surface area contributed by atoms with Crippen molar-refractivity contribution in [2.45, 2.75) is 0 Å². The zero-order valence-corrected chi connectivity index (χ0v) is 12.8. The Labute approximate surface area is 133 Å². The van der Waals surface area contributed by atoms with Crippen molar-refractivity contribution < 1.29 is 19.1 Å². The highest BCUT2D eigenvalue weighted by Gasteiger charge is 2.09. The summed E-state index contributed by atoms with van der Waals surface area (Å²) in [5.41, 5.74) is 3.78. The van der Waals surface area contributed by atoms with Crippen molar-refractivity contribution in [1.29, 1.82) is 0 Å². The van der Waals surface area contributed by atoms with Gasteiger partial charge in [-0.05, 0) is 30.3 Å². The second kappa shape index (κ2) is 7.74. The van der Waals surface area contributed by atoms with Crippen LogP contribution < -0.4 is 10.2 Å². The molecule has 1 N–H and O–H groups in total. The molecule has 0 bridgehead atoms. The molecule has 0 atom stereocenters. The van der Waals surface area contributed by atoms with Gasteiger partial charge in [0.1, 0.15) is 5.75 Å². The lowest BCUT2D eigenvalue weighted by Crippen LogP contribution is -2.17. The molecule has 118 valence electrons. The molecule has 0 aliphatic carbocycles.